The second-order valence-corrected chi connectivity index (χ2v) is 4.55. The van der Waals surface area contributed by atoms with Crippen LogP contribution in [-0.2, 0) is 0 Å². The number of anilines is 1. The predicted octanol–water partition coefficient (Wildman–Crippen LogP) is 4.13. The summed E-state index contributed by atoms with van der Waals surface area (Å²) in [7, 11) is 0. The lowest BCUT2D eigenvalue weighted by molar-refractivity contribution is 0.525. The molecule has 0 aliphatic rings. The summed E-state index contributed by atoms with van der Waals surface area (Å²) in [5.74, 6) is 1.98. The van der Waals surface area contributed by atoms with E-state index in [-0.39, 0.29) is 0 Å². The number of hydrogen-bond acceptors (Lipinski definition) is 4. The third kappa shape index (κ3) is 3.03. The molecule has 0 amide bonds. The number of rotatable bonds is 3. The second-order valence-electron chi connectivity index (χ2n) is 3.70. The van der Waals surface area contributed by atoms with Crippen molar-refractivity contribution in [3.8, 4) is 0 Å². The number of halogens is 2. The van der Waals surface area contributed by atoms with Crippen molar-refractivity contribution in [2.24, 2.45) is 5.10 Å². The molecule has 0 fully saturated rings. The lowest BCUT2D eigenvalue weighted by Gasteiger charge is -2.03. The number of pyridine rings is 1. The average Bonchev–Trinajstić information content (AvgIpc) is 2.74. The van der Waals surface area contributed by atoms with E-state index in [4.69, 9.17) is 27.6 Å². The van der Waals surface area contributed by atoms with E-state index in [2.05, 4.69) is 15.5 Å². The van der Waals surface area contributed by atoms with Crippen LogP contribution in [0, 0.1) is 6.92 Å². The van der Waals surface area contributed by atoms with Crippen LogP contribution in [0.2, 0.25) is 10.0 Å². The van der Waals surface area contributed by atoms with Gasteiger partial charge in [-0.25, -0.2) is 4.98 Å². The molecule has 0 aliphatic heterocycles. The van der Waals surface area contributed by atoms with Gasteiger partial charge in [-0.3, -0.25) is 5.43 Å². The van der Waals surface area contributed by atoms with Crippen LogP contribution in [0.3, 0.4) is 0 Å². The molecular weight excluding hydrogens is 273 g/mol. The van der Waals surface area contributed by atoms with E-state index in [1.165, 1.54) is 6.20 Å². The quantitative estimate of drug-likeness (QED) is 0.681. The Labute approximate surface area is 115 Å². The van der Waals surface area contributed by atoms with E-state index in [9.17, 15) is 0 Å². The largest absolute Gasteiger partial charge is 0.460 e. The molecule has 0 unspecified atom stereocenters. The van der Waals surface area contributed by atoms with Crippen LogP contribution in [0.4, 0.5) is 5.82 Å². The van der Waals surface area contributed by atoms with Gasteiger partial charge in [0.25, 0.3) is 0 Å². The molecule has 4 nitrogen and oxygen atoms in total. The highest BCUT2D eigenvalue weighted by Gasteiger charge is 2.04. The van der Waals surface area contributed by atoms with Gasteiger partial charge in [-0.2, -0.15) is 5.10 Å². The number of furan rings is 1. The molecular formula is C12H11Cl2N3O. The van der Waals surface area contributed by atoms with Crippen LogP contribution in [0.1, 0.15) is 18.4 Å². The summed E-state index contributed by atoms with van der Waals surface area (Å²) in [4.78, 5) is 4.04. The Morgan fingerprint density at radius 3 is 2.78 bits per heavy atom. The molecule has 0 saturated heterocycles. The average molecular weight is 284 g/mol. The zero-order valence-corrected chi connectivity index (χ0v) is 11.4. The normalized spacial score (nSPS) is 11.7. The van der Waals surface area contributed by atoms with Crippen LogP contribution in [0.5, 0.6) is 0 Å². The van der Waals surface area contributed by atoms with Crippen molar-refractivity contribution in [2.75, 3.05) is 5.43 Å². The van der Waals surface area contributed by atoms with Crippen molar-refractivity contribution in [1.82, 2.24) is 4.98 Å². The van der Waals surface area contributed by atoms with Gasteiger partial charge in [-0.15, -0.1) is 0 Å². The Balaban J connectivity index is 2.15. The predicted molar refractivity (Wildman–Crippen MR) is 73.5 cm³/mol. The van der Waals surface area contributed by atoms with Gasteiger partial charge in [-0.05, 0) is 32.0 Å². The number of aromatic nitrogens is 1. The van der Waals surface area contributed by atoms with Crippen molar-refractivity contribution in [1.29, 1.82) is 0 Å². The molecule has 94 valence electrons. The van der Waals surface area contributed by atoms with E-state index < -0.39 is 0 Å². The van der Waals surface area contributed by atoms with Crippen LogP contribution >= 0.6 is 23.2 Å². The summed E-state index contributed by atoms with van der Waals surface area (Å²) in [5.41, 5.74) is 3.48. The Hall–Kier alpha value is -1.52. The molecule has 0 aliphatic carbocycles. The van der Waals surface area contributed by atoms with Crippen molar-refractivity contribution in [3.05, 3.63) is 46.0 Å². The first-order valence-corrected chi connectivity index (χ1v) is 6.00. The summed E-state index contributed by atoms with van der Waals surface area (Å²) >= 11 is 11.7. The van der Waals surface area contributed by atoms with Gasteiger partial charge in [0.05, 0.1) is 10.0 Å². The molecule has 0 bridgehead atoms. The van der Waals surface area contributed by atoms with Gasteiger partial charge in [0.15, 0.2) is 5.82 Å². The van der Waals surface area contributed by atoms with Crippen molar-refractivity contribution < 1.29 is 4.42 Å². The third-order valence-corrected chi connectivity index (χ3v) is 2.73. The van der Waals surface area contributed by atoms with Gasteiger partial charge < -0.3 is 4.42 Å². The molecule has 0 saturated carbocycles. The van der Waals surface area contributed by atoms with Crippen LogP contribution in [-0.4, -0.2) is 10.7 Å². The van der Waals surface area contributed by atoms with Gasteiger partial charge >= 0.3 is 0 Å². The number of nitrogens with zero attached hydrogens (tertiary/aromatic N) is 2. The molecule has 1 N–H and O–H groups in total. The molecule has 0 spiro atoms. The van der Waals surface area contributed by atoms with Crippen molar-refractivity contribution in [3.63, 3.8) is 0 Å². The summed E-state index contributed by atoms with van der Waals surface area (Å²) < 4.78 is 5.44. The second kappa shape index (κ2) is 5.42. The Bertz CT molecular complexity index is 593. The first-order chi connectivity index (χ1) is 8.56. The molecule has 0 atom stereocenters. The fourth-order valence-corrected chi connectivity index (χ4v) is 1.74. The maximum absolute atomic E-state index is 5.96. The highest BCUT2D eigenvalue weighted by molar-refractivity contribution is 6.35. The van der Waals surface area contributed by atoms with E-state index in [1.807, 2.05) is 26.0 Å². The Kier molecular flexibility index (Phi) is 3.89. The number of nitrogens with one attached hydrogen (secondary N) is 1. The molecule has 2 aromatic rings. The zero-order chi connectivity index (χ0) is 13.1. The van der Waals surface area contributed by atoms with E-state index in [0.29, 0.717) is 27.3 Å². The zero-order valence-electron chi connectivity index (χ0n) is 9.87. The molecule has 6 heteroatoms. The lowest BCUT2D eigenvalue weighted by atomic mass is 10.3. The Morgan fingerprint density at radius 1 is 1.39 bits per heavy atom. The van der Waals surface area contributed by atoms with Crippen LogP contribution in [0.25, 0.3) is 0 Å². The monoisotopic (exact) mass is 283 g/mol. The minimum atomic E-state index is 0.412. The maximum Gasteiger partial charge on any atom is 0.165 e. The number of hydrazone groups is 1. The maximum atomic E-state index is 5.96. The summed E-state index contributed by atoms with van der Waals surface area (Å²) in [6.45, 7) is 3.71. The van der Waals surface area contributed by atoms with Crippen LogP contribution < -0.4 is 5.43 Å². The number of aryl methyl sites for hydroxylation is 1. The van der Waals surface area contributed by atoms with Gasteiger partial charge in [0, 0.05) is 6.20 Å². The number of hydrogen-bond donors (Lipinski definition) is 1. The van der Waals surface area contributed by atoms with Gasteiger partial charge in [0.2, 0.25) is 0 Å². The highest BCUT2D eigenvalue weighted by Crippen LogP contribution is 2.22. The Morgan fingerprint density at radius 2 is 2.17 bits per heavy atom. The minimum absolute atomic E-state index is 0.412. The van der Waals surface area contributed by atoms with E-state index in [1.54, 1.807) is 6.07 Å². The van der Waals surface area contributed by atoms with E-state index in [0.717, 1.165) is 5.76 Å². The summed E-state index contributed by atoms with van der Waals surface area (Å²) in [6, 6.07) is 5.33. The molecule has 2 aromatic heterocycles. The SMILES string of the molecule is C/C(=N\Nc1ncc(Cl)cc1Cl)c1ccc(C)o1. The fourth-order valence-electron chi connectivity index (χ4n) is 1.32. The third-order valence-electron chi connectivity index (χ3n) is 2.23. The van der Waals surface area contributed by atoms with Crippen molar-refractivity contribution >= 4 is 34.7 Å². The minimum Gasteiger partial charge on any atom is -0.460 e. The first kappa shape index (κ1) is 12.9. The van der Waals surface area contributed by atoms with E-state index >= 15 is 0 Å². The molecule has 2 heterocycles. The molecule has 18 heavy (non-hydrogen) atoms. The van der Waals surface area contributed by atoms with Crippen molar-refractivity contribution in [2.45, 2.75) is 13.8 Å². The standard InChI is InChI=1S/C12H11Cl2N3O/c1-7-3-4-11(18-7)8(2)16-17-12-10(14)5-9(13)6-15-12/h3-6H,1-2H3,(H,15,17)/b16-8+. The fraction of sp³-hybridized carbons (Fsp3) is 0.167. The smallest absolute Gasteiger partial charge is 0.165 e. The summed E-state index contributed by atoms with van der Waals surface area (Å²) in [6.07, 6.45) is 1.50. The van der Waals surface area contributed by atoms with Gasteiger partial charge in [-0.1, -0.05) is 23.2 Å². The lowest BCUT2D eigenvalue weighted by Crippen LogP contribution is -2.00. The highest BCUT2D eigenvalue weighted by atomic mass is 35.5. The molecule has 2 rings (SSSR count). The van der Waals surface area contributed by atoms with Gasteiger partial charge in [0.1, 0.15) is 17.2 Å². The van der Waals surface area contributed by atoms with Crippen LogP contribution in [0.15, 0.2) is 33.9 Å². The first-order valence-electron chi connectivity index (χ1n) is 5.24. The topological polar surface area (TPSA) is 50.4 Å². The summed E-state index contributed by atoms with van der Waals surface area (Å²) in [5, 5.41) is 5.04. The molecule has 0 aromatic carbocycles. The molecule has 0 radical (unpaired) electrons.